The number of halogens is 3. The molecule has 0 aliphatic heterocycles. The molecule has 0 amide bonds. The standard InChI is InChI=1S/C23H17F3O/c24-23(25,26)20-14-11-17(12-15-20)13-16-21(27)22(18-7-3-1-4-8-18)19-9-5-2-6-10-19/h1-16,22H/b16-13+. The summed E-state index contributed by atoms with van der Waals surface area (Å²) in [6.07, 6.45) is -1.40. The van der Waals surface area contributed by atoms with Crippen LogP contribution in [0.25, 0.3) is 6.08 Å². The Morgan fingerprint density at radius 1 is 0.741 bits per heavy atom. The molecule has 3 rings (SSSR count). The summed E-state index contributed by atoms with van der Waals surface area (Å²) in [5.41, 5.74) is 1.56. The maximum absolute atomic E-state index is 12.9. The van der Waals surface area contributed by atoms with E-state index in [-0.39, 0.29) is 5.78 Å². The Kier molecular flexibility index (Phi) is 5.55. The van der Waals surface area contributed by atoms with Crippen molar-refractivity contribution in [1.29, 1.82) is 0 Å². The van der Waals surface area contributed by atoms with Gasteiger partial charge in [0.15, 0.2) is 5.78 Å². The zero-order valence-corrected chi connectivity index (χ0v) is 14.4. The van der Waals surface area contributed by atoms with Crippen molar-refractivity contribution < 1.29 is 18.0 Å². The molecule has 0 aliphatic rings. The minimum Gasteiger partial charge on any atom is -0.294 e. The quantitative estimate of drug-likeness (QED) is 0.497. The average Bonchev–Trinajstić information content (AvgIpc) is 2.68. The molecule has 0 aliphatic carbocycles. The molecule has 0 spiro atoms. The Balaban J connectivity index is 1.86. The van der Waals surface area contributed by atoms with Gasteiger partial charge in [-0.05, 0) is 34.9 Å². The van der Waals surface area contributed by atoms with E-state index in [9.17, 15) is 18.0 Å². The molecule has 0 saturated carbocycles. The molecule has 0 atom stereocenters. The summed E-state index contributed by atoms with van der Waals surface area (Å²) in [6, 6.07) is 23.5. The number of ketones is 1. The van der Waals surface area contributed by atoms with Crippen molar-refractivity contribution in [3.63, 3.8) is 0 Å². The zero-order chi connectivity index (χ0) is 19.3. The number of carbonyl (C=O) groups is 1. The highest BCUT2D eigenvalue weighted by Gasteiger charge is 2.29. The molecule has 0 bridgehead atoms. The van der Waals surface area contributed by atoms with Gasteiger partial charge >= 0.3 is 6.18 Å². The van der Waals surface area contributed by atoms with Crippen LogP contribution in [0.2, 0.25) is 0 Å². The van der Waals surface area contributed by atoms with Crippen molar-refractivity contribution in [3.8, 4) is 0 Å². The van der Waals surface area contributed by atoms with Gasteiger partial charge in [-0.2, -0.15) is 13.2 Å². The topological polar surface area (TPSA) is 17.1 Å². The van der Waals surface area contributed by atoms with Crippen LogP contribution in [-0.2, 0) is 11.0 Å². The zero-order valence-electron chi connectivity index (χ0n) is 14.4. The molecular weight excluding hydrogens is 349 g/mol. The Morgan fingerprint density at radius 2 is 1.22 bits per heavy atom. The highest BCUT2D eigenvalue weighted by Crippen LogP contribution is 2.29. The first kappa shape index (κ1) is 18.6. The third kappa shape index (κ3) is 4.73. The maximum Gasteiger partial charge on any atom is 0.416 e. The average molecular weight is 366 g/mol. The number of alkyl halides is 3. The lowest BCUT2D eigenvalue weighted by Crippen LogP contribution is -2.11. The molecule has 1 nitrogen and oxygen atoms in total. The van der Waals surface area contributed by atoms with Crippen molar-refractivity contribution in [1.82, 2.24) is 0 Å². The van der Waals surface area contributed by atoms with E-state index in [2.05, 4.69) is 0 Å². The summed E-state index contributed by atoms with van der Waals surface area (Å²) in [6.45, 7) is 0. The predicted octanol–water partition coefficient (Wildman–Crippen LogP) is 6.12. The SMILES string of the molecule is O=C(/C=C/c1ccc(C(F)(F)F)cc1)C(c1ccccc1)c1ccccc1. The summed E-state index contributed by atoms with van der Waals surface area (Å²) < 4.78 is 37.9. The number of carbonyl (C=O) groups excluding carboxylic acids is 1. The van der Waals surface area contributed by atoms with Crippen molar-refractivity contribution >= 4 is 11.9 Å². The number of hydrogen-bond acceptors (Lipinski definition) is 1. The molecule has 0 N–H and O–H groups in total. The van der Waals surface area contributed by atoms with Crippen LogP contribution < -0.4 is 0 Å². The van der Waals surface area contributed by atoms with Crippen LogP contribution in [0.1, 0.15) is 28.2 Å². The first-order valence-electron chi connectivity index (χ1n) is 8.44. The minimum absolute atomic E-state index is 0.132. The Morgan fingerprint density at radius 3 is 1.67 bits per heavy atom. The highest BCUT2D eigenvalue weighted by atomic mass is 19.4. The highest BCUT2D eigenvalue weighted by molar-refractivity contribution is 6.00. The van der Waals surface area contributed by atoms with Crippen molar-refractivity contribution in [2.45, 2.75) is 12.1 Å². The third-order valence-corrected chi connectivity index (χ3v) is 4.23. The summed E-state index contributed by atoms with van der Waals surface area (Å²) in [5.74, 6) is -0.592. The molecule has 27 heavy (non-hydrogen) atoms. The van der Waals surface area contributed by atoms with Gasteiger partial charge in [0.25, 0.3) is 0 Å². The van der Waals surface area contributed by atoms with Gasteiger partial charge < -0.3 is 0 Å². The van der Waals surface area contributed by atoms with E-state index in [1.165, 1.54) is 18.2 Å². The first-order valence-corrected chi connectivity index (χ1v) is 8.44. The Bertz CT molecular complexity index is 872. The van der Waals surface area contributed by atoms with E-state index >= 15 is 0 Å². The van der Waals surface area contributed by atoms with Crippen LogP contribution in [0.3, 0.4) is 0 Å². The van der Waals surface area contributed by atoms with E-state index in [1.54, 1.807) is 6.08 Å². The van der Waals surface area contributed by atoms with Crippen LogP contribution in [0, 0.1) is 0 Å². The fourth-order valence-electron chi connectivity index (χ4n) is 2.87. The second kappa shape index (κ2) is 8.04. The molecule has 0 aromatic heterocycles. The normalized spacial score (nSPS) is 11.9. The maximum atomic E-state index is 12.9. The predicted molar refractivity (Wildman–Crippen MR) is 100 cm³/mol. The monoisotopic (exact) mass is 366 g/mol. The van der Waals surface area contributed by atoms with Gasteiger partial charge in [0.1, 0.15) is 0 Å². The number of hydrogen-bond donors (Lipinski definition) is 0. The molecule has 0 saturated heterocycles. The van der Waals surface area contributed by atoms with Gasteiger partial charge in [0.2, 0.25) is 0 Å². The van der Waals surface area contributed by atoms with Gasteiger partial charge in [-0.3, -0.25) is 4.79 Å². The molecule has 0 radical (unpaired) electrons. The van der Waals surface area contributed by atoms with Crippen molar-refractivity contribution in [2.24, 2.45) is 0 Å². The van der Waals surface area contributed by atoms with Crippen LogP contribution in [0.5, 0.6) is 0 Å². The van der Waals surface area contributed by atoms with E-state index in [4.69, 9.17) is 0 Å². The van der Waals surface area contributed by atoms with Crippen LogP contribution >= 0.6 is 0 Å². The van der Waals surface area contributed by atoms with Crippen LogP contribution in [0.4, 0.5) is 13.2 Å². The smallest absolute Gasteiger partial charge is 0.294 e. The van der Waals surface area contributed by atoms with Crippen LogP contribution in [-0.4, -0.2) is 5.78 Å². The van der Waals surface area contributed by atoms with Gasteiger partial charge in [0.05, 0.1) is 11.5 Å². The summed E-state index contributed by atoms with van der Waals surface area (Å²) in [4.78, 5) is 12.9. The lowest BCUT2D eigenvalue weighted by molar-refractivity contribution is -0.137. The molecule has 4 heteroatoms. The molecule has 0 fully saturated rings. The fourth-order valence-corrected chi connectivity index (χ4v) is 2.87. The number of benzene rings is 3. The third-order valence-electron chi connectivity index (χ3n) is 4.23. The lowest BCUT2D eigenvalue weighted by Gasteiger charge is -2.15. The van der Waals surface area contributed by atoms with Gasteiger partial charge in [-0.15, -0.1) is 0 Å². The van der Waals surface area contributed by atoms with Gasteiger partial charge in [0, 0.05) is 0 Å². The molecule has 3 aromatic rings. The summed E-state index contributed by atoms with van der Waals surface area (Å²) >= 11 is 0. The van der Waals surface area contributed by atoms with Gasteiger partial charge in [-0.25, -0.2) is 0 Å². The van der Waals surface area contributed by atoms with E-state index in [1.807, 2.05) is 60.7 Å². The molecule has 0 unspecified atom stereocenters. The molecule has 0 heterocycles. The largest absolute Gasteiger partial charge is 0.416 e. The fraction of sp³-hybridized carbons (Fsp3) is 0.0870. The Hall–Kier alpha value is -3.14. The first-order chi connectivity index (χ1) is 12.9. The summed E-state index contributed by atoms with van der Waals surface area (Å²) in [7, 11) is 0. The van der Waals surface area contributed by atoms with E-state index in [0.717, 1.165) is 23.3 Å². The van der Waals surface area contributed by atoms with Crippen molar-refractivity contribution in [3.05, 3.63) is 113 Å². The van der Waals surface area contributed by atoms with Crippen molar-refractivity contribution in [2.75, 3.05) is 0 Å². The second-order valence-corrected chi connectivity index (χ2v) is 6.11. The van der Waals surface area contributed by atoms with E-state index in [0.29, 0.717) is 5.56 Å². The van der Waals surface area contributed by atoms with Crippen LogP contribution in [0.15, 0.2) is 91.0 Å². The van der Waals surface area contributed by atoms with Gasteiger partial charge in [-0.1, -0.05) is 78.9 Å². The Labute approximate surface area is 155 Å². The summed E-state index contributed by atoms with van der Waals surface area (Å²) in [5, 5.41) is 0. The number of rotatable bonds is 5. The van der Waals surface area contributed by atoms with E-state index < -0.39 is 17.7 Å². The molecule has 3 aromatic carbocycles. The number of allylic oxidation sites excluding steroid dienone is 1. The minimum atomic E-state index is -4.37. The second-order valence-electron chi connectivity index (χ2n) is 6.11. The molecule has 136 valence electrons. The molecular formula is C23H17F3O. The lowest BCUT2D eigenvalue weighted by atomic mass is 9.87.